The molecule has 2 aromatic carbocycles. The van der Waals surface area contributed by atoms with Gasteiger partial charge in [0, 0.05) is 5.56 Å². The zero-order valence-corrected chi connectivity index (χ0v) is 11.5. The van der Waals surface area contributed by atoms with Gasteiger partial charge in [-0.1, -0.05) is 60.1 Å². The highest BCUT2D eigenvalue weighted by Crippen LogP contribution is 2.49. The maximum Gasteiger partial charge on any atom is 0.150 e. The van der Waals surface area contributed by atoms with Crippen molar-refractivity contribution in [2.24, 2.45) is 0 Å². The molecule has 4 rings (SSSR count). The van der Waals surface area contributed by atoms with Gasteiger partial charge in [0.15, 0.2) is 5.60 Å². The second-order valence-corrected chi connectivity index (χ2v) is 5.51. The molecule has 0 aliphatic carbocycles. The number of benzene rings is 2. The quantitative estimate of drug-likeness (QED) is 0.729. The van der Waals surface area contributed by atoms with Gasteiger partial charge in [0.2, 0.25) is 0 Å². The summed E-state index contributed by atoms with van der Waals surface area (Å²) in [5.41, 5.74) is 1.66. The van der Waals surface area contributed by atoms with E-state index in [1.54, 1.807) is 0 Å². The average Bonchev–Trinajstić information content (AvgIpc) is 3.08. The summed E-state index contributed by atoms with van der Waals surface area (Å²) in [4.78, 5) is 0. The van der Waals surface area contributed by atoms with Gasteiger partial charge in [-0.05, 0) is 17.7 Å². The Hall–Kier alpha value is -1.77. The van der Waals surface area contributed by atoms with Gasteiger partial charge in [-0.15, -0.1) is 0 Å². The predicted molar refractivity (Wildman–Crippen MR) is 78.0 cm³/mol. The van der Waals surface area contributed by atoms with E-state index >= 15 is 0 Å². The lowest BCUT2D eigenvalue weighted by atomic mass is 9.96. The Kier molecular flexibility index (Phi) is 2.62. The predicted octanol–water partition coefficient (Wildman–Crippen LogP) is 4.26. The molecular weight excluding hydrogens is 272 g/mol. The second kappa shape index (κ2) is 4.37. The maximum absolute atomic E-state index is 6.28. The van der Waals surface area contributed by atoms with Gasteiger partial charge in [0.25, 0.3) is 0 Å². The van der Waals surface area contributed by atoms with Crippen LogP contribution in [-0.4, -0.2) is 6.61 Å². The van der Waals surface area contributed by atoms with Crippen molar-refractivity contribution in [3.8, 4) is 5.75 Å². The zero-order chi connectivity index (χ0) is 13.6. The lowest BCUT2D eigenvalue weighted by Crippen LogP contribution is -2.26. The number of fused-ring (bicyclic) bond motifs is 2. The molecule has 0 bridgehead atoms. The molecule has 3 heteroatoms. The van der Waals surface area contributed by atoms with Gasteiger partial charge in [-0.2, -0.15) is 0 Å². The van der Waals surface area contributed by atoms with E-state index in [1.807, 2.05) is 36.4 Å². The molecule has 2 aromatic rings. The number of hydrogen-bond acceptors (Lipinski definition) is 2. The van der Waals surface area contributed by atoms with E-state index < -0.39 is 5.60 Å². The molecule has 0 amide bonds. The minimum Gasteiger partial charge on any atom is -0.488 e. The Morgan fingerprint density at radius 3 is 2.75 bits per heavy atom. The average molecular weight is 285 g/mol. The standard InChI is InChI=1S/C17H13ClO2/c18-14-8-4-7-13-16(14)19-11-17(13)10-9-15(20-17)12-5-2-1-3-6-12/h1-10,15H,11H2/t15-,17+/m1/s1. The van der Waals surface area contributed by atoms with E-state index in [2.05, 4.69) is 24.3 Å². The van der Waals surface area contributed by atoms with Crippen molar-refractivity contribution in [1.82, 2.24) is 0 Å². The van der Waals surface area contributed by atoms with Crippen molar-refractivity contribution in [2.75, 3.05) is 6.61 Å². The van der Waals surface area contributed by atoms with Crippen LogP contribution in [0.3, 0.4) is 0 Å². The number of para-hydroxylation sites is 1. The highest BCUT2D eigenvalue weighted by molar-refractivity contribution is 6.32. The number of rotatable bonds is 1. The molecule has 2 nitrogen and oxygen atoms in total. The Morgan fingerprint density at radius 1 is 1.05 bits per heavy atom. The van der Waals surface area contributed by atoms with Crippen molar-refractivity contribution in [3.05, 3.63) is 76.8 Å². The van der Waals surface area contributed by atoms with E-state index in [4.69, 9.17) is 21.1 Å². The van der Waals surface area contributed by atoms with Gasteiger partial charge in [0.1, 0.15) is 18.5 Å². The fourth-order valence-electron chi connectivity index (χ4n) is 2.85. The fourth-order valence-corrected chi connectivity index (χ4v) is 3.08. The molecular formula is C17H13ClO2. The molecule has 2 aliphatic rings. The summed E-state index contributed by atoms with van der Waals surface area (Å²) < 4.78 is 12.0. The van der Waals surface area contributed by atoms with Crippen molar-refractivity contribution in [3.63, 3.8) is 0 Å². The van der Waals surface area contributed by atoms with Crippen molar-refractivity contribution >= 4 is 11.6 Å². The summed E-state index contributed by atoms with van der Waals surface area (Å²) in [7, 11) is 0. The smallest absolute Gasteiger partial charge is 0.150 e. The van der Waals surface area contributed by atoms with Crippen LogP contribution in [-0.2, 0) is 10.3 Å². The highest BCUT2D eigenvalue weighted by Gasteiger charge is 2.45. The van der Waals surface area contributed by atoms with Gasteiger partial charge in [-0.3, -0.25) is 0 Å². The minimum atomic E-state index is -0.499. The minimum absolute atomic E-state index is 0.0373. The molecule has 0 fully saturated rings. The van der Waals surface area contributed by atoms with Crippen LogP contribution in [0.4, 0.5) is 0 Å². The van der Waals surface area contributed by atoms with Gasteiger partial charge in [-0.25, -0.2) is 0 Å². The molecule has 2 heterocycles. The van der Waals surface area contributed by atoms with Gasteiger partial charge >= 0.3 is 0 Å². The van der Waals surface area contributed by atoms with Crippen molar-refractivity contribution < 1.29 is 9.47 Å². The summed E-state index contributed by atoms with van der Waals surface area (Å²) >= 11 is 6.18. The first-order valence-corrected chi connectivity index (χ1v) is 7.00. The van der Waals surface area contributed by atoms with E-state index in [-0.39, 0.29) is 6.10 Å². The Morgan fingerprint density at radius 2 is 1.90 bits per heavy atom. The molecule has 0 radical (unpaired) electrons. The third-order valence-corrected chi connectivity index (χ3v) is 4.16. The van der Waals surface area contributed by atoms with Crippen LogP contribution in [0.15, 0.2) is 60.7 Å². The molecule has 20 heavy (non-hydrogen) atoms. The molecule has 0 saturated heterocycles. The van der Waals surface area contributed by atoms with Gasteiger partial charge < -0.3 is 9.47 Å². The monoisotopic (exact) mass is 284 g/mol. The molecule has 1 spiro atoms. The molecule has 100 valence electrons. The van der Waals surface area contributed by atoms with Crippen LogP contribution in [0.2, 0.25) is 5.02 Å². The zero-order valence-electron chi connectivity index (χ0n) is 10.8. The first-order valence-electron chi connectivity index (χ1n) is 6.62. The second-order valence-electron chi connectivity index (χ2n) is 5.10. The summed E-state index contributed by atoms with van der Waals surface area (Å²) in [6.45, 7) is 0.478. The van der Waals surface area contributed by atoms with Crippen LogP contribution in [0.25, 0.3) is 0 Å². The topological polar surface area (TPSA) is 18.5 Å². The Labute approximate surface area is 122 Å². The molecule has 2 atom stereocenters. The normalized spacial score (nSPS) is 26.8. The third-order valence-electron chi connectivity index (χ3n) is 3.86. The van der Waals surface area contributed by atoms with E-state index in [9.17, 15) is 0 Å². The van der Waals surface area contributed by atoms with Crippen LogP contribution in [0.5, 0.6) is 5.75 Å². The summed E-state index contributed by atoms with van der Waals surface area (Å²) in [6, 6.07) is 16.0. The first kappa shape index (κ1) is 12.0. The van der Waals surface area contributed by atoms with Crippen molar-refractivity contribution in [2.45, 2.75) is 11.7 Å². The van der Waals surface area contributed by atoms with E-state index in [0.717, 1.165) is 16.9 Å². The van der Waals surface area contributed by atoms with Crippen LogP contribution in [0, 0.1) is 0 Å². The summed E-state index contributed by atoms with van der Waals surface area (Å²) in [5.74, 6) is 0.743. The summed E-state index contributed by atoms with van der Waals surface area (Å²) in [6.07, 6.45) is 4.14. The maximum atomic E-state index is 6.28. The molecule has 2 aliphatic heterocycles. The summed E-state index contributed by atoms with van der Waals surface area (Å²) in [5, 5.41) is 0.638. The first-order chi connectivity index (χ1) is 9.78. The Bertz CT molecular complexity index is 681. The number of ether oxygens (including phenoxy) is 2. The van der Waals surface area contributed by atoms with Crippen molar-refractivity contribution in [1.29, 1.82) is 0 Å². The lowest BCUT2D eigenvalue weighted by Gasteiger charge is -2.23. The van der Waals surface area contributed by atoms with Gasteiger partial charge in [0.05, 0.1) is 5.02 Å². The largest absolute Gasteiger partial charge is 0.488 e. The lowest BCUT2D eigenvalue weighted by molar-refractivity contribution is -0.0390. The van der Waals surface area contributed by atoms with Crippen LogP contribution < -0.4 is 4.74 Å². The van der Waals surface area contributed by atoms with Crippen LogP contribution >= 0.6 is 11.6 Å². The van der Waals surface area contributed by atoms with E-state index in [1.165, 1.54) is 0 Å². The molecule has 0 aromatic heterocycles. The van der Waals surface area contributed by atoms with E-state index in [0.29, 0.717) is 11.6 Å². The number of halogens is 1. The highest BCUT2D eigenvalue weighted by atomic mass is 35.5. The Balaban J connectivity index is 1.71. The molecule has 0 N–H and O–H groups in total. The number of hydrogen-bond donors (Lipinski definition) is 0. The fraction of sp³-hybridized carbons (Fsp3) is 0.176. The molecule has 0 unspecified atom stereocenters. The SMILES string of the molecule is Clc1cccc2c1OC[C@@]21C=C[C@H](c2ccccc2)O1. The molecule has 0 saturated carbocycles. The van der Waals surface area contributed by atoms with Crippen LogP contribution in [0.1, 0.15) is 17.2 Å². The third kappa shape index (κ3) is 1.69.